The number of piperazine rings is 1. The zero-order valence-corrected chi connectivity index (χ0v) is 21.3. The van der Waals surface area contributed by atoms with Crippen LogP contribution in [-0.2, 0) is 4.79 Å². The van der Waals surface area contributed by atoms with Gasteiger partial charge in [0.15, 0.2) is 23.3 Å². The number of anilines is 3. The second kappa shape index (κ2) is 11.5. The lowest BCUT2D eigenvalue weighted by molar-refractivity contribution is -0.111. The van der Waals surface area contributed by atoms with Crippen LogP contribution in [0.1, 0.15) is 5.56 Å². The number of benzene rings is 3. The van der Waals surface area contributed by atoms with Gasteiger partial charge < -0.3 is 19.9 Å². The van der Waals surface area contributed by atoms with Gasteiger partial charge in [0, 0.05) is 54.2 Å². The Kier molecular flexibility index (Phi) is 8.32. The van der Waals surface area contributed by atoms with E-state index in [2.05, 4.69) is 5.32 Å². The van der Waals surface area contributed by atoms with E-state index in [1.54, 1.807) is 30.3 Å². The van der Waals surface area contributed by atoms with Crippen molar-refractivity contribution in [1.82, 2.24) is 0 Å². The van der Waals surface area contributed by atoms with Crippen LogP contribution in [0.25, 0.3) is 6.08 Å². The van der Waals surface area contributed by atoms with Gasteiger partial charge in [-0.1, -0.05) is 23.2 Å². The number of amides is 1. The van der Waals surface area contributed by atoms with Crippen LogP contribution < -0.4 is 19.9 Å². The molecule has 3 aromatic rings. The molecule has 1 amide bonds. The van der Waals surface area contributed by atoms with E-state index >= 15 is 0 Å². The zero-order valence-electron chi connectivity index (χ0n) is 19.8. The molecule has 5 nitrogen and oxygen atoms in total. The summed E-state index contributed by atoms with van der Waals surface area (Å²) in [5.74, 6) is -9.84. The van der Waals surface area contributed by atoms with Crippen molar-refractivity contribution in [1.29, 1.82) is 0 Å². The number of halogens is 7. The monoisotopic (exact) mass is 571 g/mol. The number of hydrogen-bond acceptors (Lipinski definition) is 4. The number of hydrogen-bond donors (Lipinski definition) is 1. The zero-order chi connectivity index (χ0) is 27.6. The predicted octanol–water partition coefficient (Wildman–Crippen LogP) is 6.68. The number of nitrogens with one attached hydrogen (secondary N) is 1. The Hall–Kier alpha value is -3.50. The first kappa shape index (κ1) is 27.5. The number of carbonyl (C=O) groups is 1. The highest BCUT2D eigenvalue weighted by atomic mass is 35.5. The van der Waals surface area contributed by atoms with E-state index < -0.39 is 40.7 Å². The Balaban J connectivity index is 1.38. The van der Waals surface area contributed by atoms with Gasteiger partial charge in [-0.25, -0.2) is 22.0 Å². The summed E-state index contributed by atoms with van der Waals surface area (Å²) in [4.78, 5) is 15.4. The van der Waals surface area contributed by atoms with Crippen molar-refractivity contribution < 1.29 is 31.5 Å². The largest absolute Gasteiger partial charge is 0.495 e. The van der Waals surface area contributed by atoms with Gasteiger partial charge in [-0.3, -0.25) is 4.79 Å². The van der Waals surface area contributed by atoms with Gasteiger partial charge in [-0.2, -0.15) is 0 Å². The van der Waals surface area contributed by atoms with Gasteiger partial charge in [0.1, 0.15) is 11.4 Å². The molecule has 1 fully saturated rings. The molecule has 1 aliphatic heterocycles. The Morgan fingerprint density at radius 3 is 2.00 bits per heavy atom. The molecule has 1 aliphatic rings. The second-order valence-corrected chi connectivity index (χ2v) is 9.12. The summed E-state index contributed by atoms with van der Waals surface area (Å²) in [6.07, 6.45) is 2.82. The molecule has 0 radical (unpaired) electrons. The van der Waals surface area contributed by atoms with Crippen molar-refractivity contribution in [2.24, 2.45) is 0 Å². The average Bonchev–Trinajstić information content (AvgIpc) is 2.90. The summed E-state index contributed by atoms with van der Waals surface area (Å²) in [5.41, 5.74) is 0.874. The van der Waals surface area contributed by atoms with Gasteiger partial charge >= 0.3 is 0 Å². The summed E-state index contributed by atoms with van der Waals surface area (Å²) in [6, 6.07) is 9.97. The molecule has 200 valence electrons. The molecular weight excluding hydrogens is 552 g/mol. The Morgan fingerprint density at radius 2 is 1.42 bits per heavy atom. The summed E-state index contributed by atoms with van der Waals surface area (Å²) in [7, 11) is 1.45. The third-order valence-corrected chi connectivity index (χ3v) is 6.44. The Labute approximate surface area is 225 Å². The fourth-order valence-corrected chi connectivity index (χ4v) is 4.67. The summed E-state index contributed by atoms with van der Waals surface area (Å²) < 4.78 is 74.0. The molecule has 0 atom stereocenters. The van der Waals surface area contributed by atoms with E-state index in [1.165, 1.54) is 25.3 Å². The first-order chi connectivity index (χ1) is 18.1. The normalized spacial score (nSPS) is 13.8. The van der Waals surface area contributed by atoms with Crippen LogP contribution in [0.4, 0.5) is 39.0 Å². The van der Waals surface area contributed by atoms with Crippen LogP contribution in [0.5, 0.6) is 5.75 Å². The highest BCUT2D eigenvalue weighted by Gasteiger charge is 2.30. The van der Waals surface area contributed by atoms with E-state index in [0.717, 1.165) is 10.6 Å². The number of rotatable bonds is 6. The molecule has 0 spiro atoms. The molecule has 3 aromatic carbocycles. The standard InChI is InChI=1S/C26H20Cl2F5N3O2/c1-38-26-14(12-15(27)13-18(26)28)2-7-19(37)34-16-3-5-17(6-4-16)35-8-10-36(11-9-35)25-23(32)21(30)20(29)22(31)24(25)33/h2-7,12-13H,8-11H2,1H3,(H,34,37)/b7-2+. The predicted molar refractivity (Wildman–Crippen MR) is 138 cm³/mol. The fourth-order valence-electron chi connectivity index (χ4n) is 4.08. The highest BCUT2D eigenvalue weighted by molar-refractivity contribution is 6.36. The van der Waals surface area contributed by atoms with E-state index in [9.17, 15) is 26.7 Å². The Bertz CT molecular complexity index is 1370. The molecule has 1 heterocycles. The van der Waals surface area contributed by atoms with Crippen LogP contribution >= 0.6 is 23.2 Å². The van der Waals surface area contributed by atoms with Crippen molar-refractivity contribution in [2.75, 3.05) is 48.4 Å². The van der Waals surface area contributed by atoms with Gasteiger partial charge in [0.2, 0.25) is 11.7 Å². The van der Waals surface area contributed by atoms with Gasteiger partial charge in [-0.15, -0.1) is 0 Å². The molecule has 38 heavy (non-hydrogen) atoms. The minimum Gasteiger partial charge on any atom is -0.495 e. The van der Waals surface area contributed by atoms with Crippen molar-refractivity contribution >= 4 is 52.2 Å². The van der Waals surface area contributed by atoms with Crippen LogP contribution in [0.2, 0.25) is 10.0 Å². The maximum atomic E-state index is 14.1. The molecule has 4 rings (SSSR count). The van der Waals surface area contributed by atoms with Crippen LogP contribution in [0, 0.1) is 29.1 Å². The minimum atomic E-state index is -2.18. The number of carbonyl (C=O) groups excluding carboxylic acids is 1. The van der Waals surface area contributed by atoms with E-state index in [-0.39, 0.29) is 26.2 Å². The number of ether oxygens (including phenoxy) is 1. The lowest BCUT2D eigenvalue weighted by Gasteiger charge is -2.37. The maximum Gasteiger partial charge on any atom is 0.248 e. The lowest BCUT2D eigenvalue weighted by Crippen LogP contribution is -2.47. The molecule has 0 saturated carbocycles. The third kappa shape index (κ3) is 5.66. The quantitative estimate of drug-likeness (QED) is 0.155. The van der Waals surface area contributed by atoms with E-state index in [4.69, 9.17) is 27.9 Å². The van der Waals surface area contributed by atoms with Crippen molar-refractivity contribution in [3.05, 3.63) is 87.2 Å². The molecule has 0 unspecified atom stereocenters. The van der Waals surface area contributed by atoms with Crippen molar-refractivity contribution in [3.63, 3.8) is 0 Å². The SMILES string of the molecule is COc1c(Cl)cc(Cl)cc1/C=C/C(=O)Nc1ccc(N2CCN(c3c(F)c(F)c(F)c(F)c3F)CC2)cc1. The van der Waals surface area contributed by atoms with Crippen LogP contribution in [-0.4, -0.2) is 39.2 Å². The number of methoxy groups -OCH3 is 1. The maximum absolute atomic E-state index is 14.1. The molecule has 0 bridgehead atoms. The topological polar surface area (TPSA) is 44.8 Å². The van der Waals surface area contributed by atoms with Gasteiger partial charge in [-0.05, 0) is 42.5 Å². The second-order valence-electron chi connectivity index (χ2n) is 8.27. The first-order valence-electron chi connectivity index (χ1n) is 11.2. The fraction of sp³-hybridized carbons (Fsp3) is 0.192. The van der Waals surface area contributed by atoms with Crippen LogP contribution in [0.15, 0.2) is 42.5 Å². The smallest absolute Gasteiger partial charge is 0.248 e. The molecule has 12 heteroatoms. The lowest BCUT2D eigenvalue weighted by atomic mass is 10.1. The first-order valence-corrected chi connectivity index (χ1v) is 12.0. The molecule has 0 aromatic heterocycles. The van der Waals surface area contributed by atoms with Gasteiger partial charge in [0.05, 0.1) is 12.1 Å². The summed E-state index contributed by atoms with van der Waals surface area (Å²) >= 11 is 12.1. The van der Waals surface area contributed by atoms with Crippen LogP contribution in [0.3, 0.4) is 0 Å². The molecule has 0 aliphatic carbocycles. The van der Waals surface area contributed by atoms with E-state index in [1.807, 2.05) is 4.90 Å². The number of nitrogens with zero attached hydrogens (tertiary/aromatic N) is 2. The molecule has 1 saturated heterocycles. The van der Waals surface area contributed by atoms with Crippen molar-refractivity contribution in [3.8, 4) is 5.75 Å². The minimum absolute atomic E-state index is 0.0403. The summed E-state index contributed by atoms with van der Waals surface area (Å²) in [6.45, 7) is 0.632. The van der Waals surface area contributed by atoms with E-state index in [0.29, 0.717) is 27.0 Å². The average molecular weight is 572 g/mol. The highest BCUT2D eigenvalue weighted by Crippen LogP contribution is 2.33. The van der Waals surface area contributed by atoms with Crippen molar-refractivity contribution in [2.45, 2.75) is 0 Å². The third-order valence-electron chi connectivity index (χ3n) is 5.94. The van der Waals surface area contributed by atoms with Gasteiger partial charge in [0.25, 0.3) is 0 Å². The molecule has 1 N–H and O–H groups in total. The Morgan fingerprint density at radius 1 is 0.868 bits per heavy atom. The summed E-state index contributed by atoms with van der Waals surface area (Å²) in [5, 5.41) is 3.42. The molecular formula is C26H20Cl2F5N3O2.